The molecular weight excluding hydrogens is 176 g/mol. The van der Waals surface area contributed by atoms with Crippen molar-refractivity contribution in [3.05, 3.63) is 35.9 Å². The van der Waals surface area contributed by atoms with Crippen molar-refractivity contribution in [1.29, 1.82) is 5.41 Å². The van der Waals surface area contributed by atoms with Crippen LogP contribution in [0, 0.1) is 5.41 Å². The number of nitrogens with two attached hydrogens (primary N) is 1. The first-order valence-corrected chi connectivity index (χ1v) is 4.51. The van der Waals surface area contributed by atoms with Crippen LogP contribution in [-0.4, -0.2) is 11.9 Å². The van der Waals surface area contributed by atoms with Crippen LogP contribution in [0.2, 0.25) is 0 Å². The Kier molecular flexibility index (Phi) is 2.00. The van der Waals surface area contributed by atoms with Gasteiger partial charge in [-0.1, -0.05) is 18.2 Å². The lowest BCUT2D eigenvalue weighted by Gasteiger charge is -2.22. The van der Waals surface area contributed by atoms with Crippen molar-refractivity contribution in [2.75, 3.05) is 0 Å². The molecule has 1 aliphatic heterocycles. The molecule has 0 saturated heterocycles. The summed E-state index contributed by atoms with van der Waals surface area (Å²) in [6.45, 7) is 1.93. The molecule has 0 fully saturated rings. The second-order valence-corrected chi connectivity index (χ2v) is 3.31. The van der Waals surface area contributed by atoms with Crippen molar-refractivity contribution in [1.82, 2.24) is 0 Å². The van der Waals surface area contributed by atoms with E-state index in [0.29, 0.717) is 0 Å². The van der Waals surface area contributed by atoms with E-state index in [1.54, 1.807) is 0 Å². The minimum absolute atomic E-state index is 0.0243. The Hall–Kier alpha value is -1.77. The Morgan fingerprint density at radius 1 is 1.43 bits per heavy atom. The van der Waals surface area contributed by atoms with Crippen LogP contribution in [0.25, 0.3) is 5.57 Å². The molecule has 1 atom stereocenters. The molecule has 0 bridgehead atoms. The van der Waals surface area contributed by atoms with Crippen LogP contribution in [0.5, 0.6) is 5.75 Å². The summed E-state index contributed by atoms with van der Waals surface area (Å²) in [6.07, 6.45) is 1.84. The van der Waals surface area contributed by atoms with Gasteiger partial charge in [0, 0.05) is 11.1 Å². The van der Waals surface area contributed by atoms with Gasteiger partial charge in [0.05, 0.1) is 0 Å². The van der Waals surface area contributed by atoms with E-state index in [0.717, 1.165) is 16.9 Å². The zero-order valence-electron chi connectivity index (χ0n) is 7.95. The Bertz CT molecular complexity index is 410. The summed E-state index contributed by atoms with van der Waals surface area (Å²) in [5.41, 5.74) is 7.17. The SMILES string of the molecule is CC1C=C(C(=N)N)c2ccccc2O1. The lowest BCUT2D eigenvalue weighted by Crippen LogP contribution is -2.21. The van der Waals surface area contributed by atoms with Crippen LogP contribution in [0.15, 0.2) is 30.3 Å². The van der Waals surface area contributed by atoms with E-state index in [1.807, 2.05) is 37.3 Å². The summed E-state index contributed by atoms with van der Waals surface area (Å²) in [4.78, 5) is 0. The third-order valence-corrected chi connectivity index (χ3v) is 2.18. The highest BCUT2D eigenvalue weighted by Crippen LogP contribution is 2.31. The van der Waals surface area contributed by atoms with Crippen LogP contribution in [-0.2, 0) is 0 Å². The summed E-state index contributed by atoms with van der Waals surface area (Å²) in [5, 5.41) is 7.46. The number of amidine groups is 1. The number of ether oxygens (including phenoxy) is 1. The number of fused-ring (bicyclic) bond motifs is 1. The Balaban J connectivity index is 2.55. The van der Waals surface area contributed by atoms with E-state index >= 15 is 0 Å². The molecule has 3 N–H and O–H groups in total. The molecule has 0 amide bonds. The summed E-state index contributed by atoms with van der Waals surface area (Å²) in [7, 11) is 0. The summed E-state index contributed by atoms with van der Waals surface area (Å²) in [5.74, 6) is 0.889. The van der Waals surface area contributed by atoms with E-state index in [-0.39, 0.29) is 11.9 Å². The quantitative estimate of drug-likeness (QED) is 0.521. The van der Waals surface area contributed by atoms with Crippen molar-refractivity contribution in [2.24, 2.45) is 5.73 Å². The van der Waals surface area contributed by atoms with Crippen LogP contribution < -0.4 is 10.5 Å². The second kappa shape index (κ2) is 3.18. The molecule has 0 aliphatic carbocycles. The molecule has 2 rings (SSSR count). The molecule has 14 heavy (non-hydrogen) atoms. The highest BCUT2D eigenvalue weighted by molar-refractivity contribution is 6.21. The van der Waals surface area contributed by atoms with Crippen LogP contribution in [0.4, 0.5) is 0 Å². The molecule has 1 heterocycles. The monoisotopic (exact) mass is 188 g/mol. The van der Waals surface area contributed by atoms with E-state index in [1.165, 1.54) is 0 Å². The highest BCUT2D eigenvalue weighted by atomic mass is 16.5. The molecule has 3 heteroatoms. The standard InChI is InChI=1S/C11H12N2O/c1-7-6-9(11(12)13)8-4-2-3-5-10(8)14-7/h2-7H,1H3,(H3,12,13). The largest absolute Gasteiger partial charge is 0.486 e. The number of hydrogen-bond donors (Lipinski definition) is 2. The minimum atomic E-state index is -0.0243. The molecular formula is C11H12N2O. The lowest BCUT2D eigenvalue weighted by atomic mass is 10.00. The molecule has 1 aliphatic rings. The maximum absolute atomic E-state index is 7.46. The van der Waals surface area contributed by atoms with Gasteiger partial charge in [0.15, 0.2) is 0 Å². The van der Waals surface area contributed by atoms with Gasteiger partial charge >= 0.3 is 0 Å². The smallest absolute Gasteiger partial charge is 0.128 e. The van der Waals surface area contributed by atoms with Gasteiger partial charge < -0.3 is 10.5 Å². The highest BCUT2D eigenvalue weighted by Gasteiger charge is 2.18. The molecule has 0 spiro atoms. The topological polar surface area (TPSA) is 59.1 Å². The van der Waals surface area contributed by atoms with Crippen LogP contribution in [0.1, 0.15) is 12.5 Å². The maximum Gasteiger partial charge on any atom is 0.128 e. The average molecular weight is 188 g/mol. The van der Waals surface area contributed by atoms with E-state index in [2.05, 4.69) is 0 Å². The maximum atomic E-state index is 7.46. The van der Waals surface area contributed by atoms with E-state index in [4.69, 9.17) is 15.9 Å². The third-order valence-electron chi connectivity index (χ3n) is 2.18. The predicted molar refractivity (Wildman–Crippen MR) is 56.4 cm³/mol. The molecule has 1 unspecified atom stereocenters. The molecule has 0 radical (unpaired) electrons. The van der Waals surface area contributed by atoms with Gasteiger partial charge in [-0.05, 0) is 19.1 Å². The molecule has 0 saturated carbocycles. The number of hydrogen-bond acceptors (Lipinski definition) is 2. The fourth-order valence-corrected chi connectivity index (χ4v) is 1.59. The number of rotatable bonds is 1. The molecule has 1 aromatic rings. The average Bonchev–Trinajstić information content (AvgIpc) is 2.16. The number of benzene rings is 1. The zero-order chi connectivity index (χ0) is 10.1. The Labute approximate surface area is 82.7 Å². The first kappa shape index (κ1) is 8.81. The van der Waals surface area contributed by atoms with Gasteiger partial charge in [0.25, 0.3) is 0 Å². The first-order valence-electron chi connectivity index (χ1n) is 4.51. The minimum Gasteiger partial charge on any atom is -0.486 e. The summed E-state index contributed by atoms with van der Waals surface area (Å²) < 4.78 is 5.58. The molecule has 72 valence electrons. The van der Waals surface area contributed by atoms with Crippen molar-refractivity contribution in [3.63, 3.8) is 0 Å². The normalized spacial score (nSPS) is 19.2. The predicted octanol–water partition coefficient (Wildman–Crippen LogP) is 1.79. The number of nitrogens with one attached hydrogen (secondary N) is 1. The molecule has 0 aromatic heterocycles. The Morgan fingerprint density at radius 2 is 2.14 bits per heavy atom. The zero-order valence-corrected chi connectivity index (χ0v) is 7.95. The van der Waals surface area contributed by atoms with E-state index in [9.17, 15) is 0 Å². The van der Waals surface area contributed by atoms with Gasteiger partial charge in [-0.2, -0.15) is 0 Å². The molecule has 3 nitrogen and oxygen atoms in total. The van der Waals surface area contributed by atoms with Crippen molar-refractivity contribution < 1.29 is 4.74 Å². The third kappa shape index (κ3) is 1.37. The van der Waals surface area contributed by atoms with Crippen LogP contribution >= 0.6 is 0 Å². The van der Waals surface area contributed by atoms with Gasteiger partial charge in [0.1, 0.15) is 17.7 Å². The fourth-order valence-electron chi connectivity index (χ4n) is 1.59. The van der Waals surface area contributed by atoms with Crippen molar-refractivity contribution >= 4 is 11.4 Å². The lowest BCUT2D eigenvalue weighted by molar-refractivity contribution is 0.265. The van der Waals surface area contributed by atoms with Gasteiger partial charge in [-0.25, -0.2) is 0 Å². The van der Waals surface area contributed by atoms with Crippen LogP contribution in [0.3, 0.4) is 0 Å². The first-order chi connectivity index (χ1) is 6.68. The van der Waals surface area contributed by atoms with Crippen molar-refractivity contribution in [2.45, 2.75) is 13.0 Å². The summed E-state index contributed by atoms with van der Waals surface area (Å²) >= 11 is 0. The van der Waals surface area contributed by atoms with Gasteiger partial charge in [0.2, 0.25) is 0 Å². The van der Waals surface area contributed by atoms with Gasteiger partial charge in [-0.15, -0.1) is 0 Å². The second-order valence-electron chi connectivity index (χ2n) is 3.31. The molecule has 1 aromatic carbocycles. The Morgan fingerprint density at radius 3 is 2.86 bits per heavy atom. The number of para-hydroxylation sites is 1. The summed E-state index contributed by atoms with van der Waals surface area (Å²) in [6, 6.07) is 7.62. The van der Waals surface area contributed by atoms with Gasteiger partial charge in [-0.3, -0.25) is 5.41 Å². The van der Waals surface area contributed by atoms with E-state index < -0.39 is 0 Å². The van der Waals surface area contributed by atoms with Crippen molar-refractivity contribution in [3.8, 4) is 5.75 Å². The fraction of sp³-hybridized carbons (Fsp3) is 0.182.